The highest BCUT2D eigenvalue weighted by Gasteiger charge is 2.39. The Labute approximate surface area is 169 Å². The molecule has 3 aliphatic heterocycles. The van der Waals surface area contributed by atoms with E-state index in [9.17, 15) is 18.0 Å². The van der Waals surface area contributed by atoms with E-state index in [4.69, 9.17) is 0 Å². The number of rotatable bonds is 6. The highest BCUT2D eigenvalue weighted by atomic mass is 32.2. The van der Waals surface area contributed by atoms with Crippen molar-refractivity contribution in [3.63, 3.8) is 0 Å². The fourth-order valence-electron chi connectivity index (χ4n) is 4.77. The largest absolute Gasteiger partial charge is 0.343 e. The topological polar surface area (TPSA) is 78.0 Å². The Kier molecular flexibility index (Phi) is 7.36. The van der Waals surface area contributed by atoms with Crippen LogP contribution in [-0.2, 0) is 19.6 Å². The average Bonchev–Trinajstić information content (AvgIpc) is 3.23. The molecule has 0 radical (unpaired) electrons. The third kappa shape index (κ3) is 5.06. The molecule has 2 amide bonds. The molecule has 3 fully saturated rings. The second kappa shape index (κ2) is 9.57. The molecule has 0 aromatic carbocycles. The number of piperidine rings is 2. The molecule has 0 aliphatic carbocycles. The summed E-state index contributed by atoms with van der Waals surface area (Å²) in [6.07, 6.45) is 7.38. The van der Waals surface area contributed by atoms with E-state index in [-0.39, 0.29) is 17.6 Å². The molecule has 3 saturated heterocycles. The van der Waals surface area contributed by atoms with Gasteiger partial charge in [0.2, 0.25) is 21.8 Å². The molecular formula is C20H35N3O4S. The summed E-state index contributed by atoms with van der Waals surface area (Å²) in [5.74, 6) is 0.663. The second-order valence-electron chi connectivity index (χ2n) is 8.50. The van der Waals surface area contributed by atoms with Gasteiger partial charge in [-0.1, -0.05) is 13.3 Å². The summed E-state index contributed by atoms with van der Waals surface area (Å²) >= 11 is 0. The Hall–Kier alpha value is -1.15. The van der Waals surface area contributed by atoms with Crippen LogP contribution in [0.1, 0.15) is 64.7 Å². The Morgan fingerprint density at radius 2 is 1.50 bits per heavy atom. The molecule has 0 N–H and O–H groups in total. The fourth-order valence-corrected chi connectivity index (χ4v) is 6.51. The Morgan fingerprint density at radius 3 is 2.14 bits per heavy atom. The Bertz CT molecular complexity index is 652. The normalized spacial score (nSPS) is 25.2. The Balaban J connectivity index is 1.54. The molecule has 1 atom stereocenters. The first-order valence-electron chi connectivity index (χ1n) is 11.0. The van der Waals surface area contributed by atoms with Crippen LogP contribution >= 0.6 is 0 Å². The number of amides is 2. The summed E-state index contributed by atoms with van der Waals surface area (Å²) < 4.78 is 26.7. The minimum absolute atomic E-state index is 0.0382. The lowest BCUT2D eigenvalue weighted by molar-refractivity contribution is -0.138. The lowest BCUT2D eigenvalue weighted by Gasteiger charge is -2.39. The highest BCUT2D eigenvalue weighted by molar-refractivity contribution is 7.89. The maximum absolute atomic E-state index is 13.1. The maximum atomic E-state index is 13.1. The molecule has 3 aliphatic rings. The highest BCUT2D eigenvalue weighted by Crippen LogP contribution is 2.27. The number of nitrogens with zero attached hydrogens (tertiary/aromatic N) is 3. The molecule has 8 heteroatoms. The van der Waals surface area contributed by atoms with Crippen molar-refractivity contribution in [2.75, 3.05) is 38.5 Å². The van der Waals surface area contributed by atoms with Gasteiger partial charge in [0.15, 0.2) is 0 Å². The van der Waals surface area contributed by atoms with Crippen molar-refractivity contribution in [2.24, 2.45) is 5.92 Å². The standard InChI is InChI=1S/C20H35N3O4S/c1-2-15-28(26,27)23-12-4-3-7-18(23)20(25)22-13-8-17(9-14-22)16-19(24)21-10-5-6-11-21/h17-18H,2-16H2,1H3. The van der Waals surface area contributed by atoms with Gasteiger partial charge in [-0.15, -0.1) is 0 Å². The first kappa shape index (κ1) is 21.6. The summed E-state index contributed by atoms with van der Waals surface area (Å²) in [5.41, 5.74) is 0. The van der Waals surface area contributed by atoms with Crippen LogP contribution < -0.4 is 0 Å². The van der Waals surface area contributed by atoms with Gasteiger partial charge in [0.1, 0.15) is 6.04 Å². The van der Waals surface area contributed by atoms with Gasteiger partial charge in [-0.2, -0.15) is 4.31 Å². The molecule has 3 heterocycles. The molecule has 3 rings (SSSR count). The number of carbonyl (C=O) groups is 2. The minimum Gasteiger partial charge on any atom is -0.343 e. The van der Waals surface area contributed by atoms with E-state index in [1.54, 1.807) is 0 Å². The zero-order chi connectivity index (χ0) is 20.1. The van der Waals surface area contributed by atoms with Gasteiger partial charge in [-0.25, -0.2) is 8.42 Å². The second-order valence-corrected chi connectivity index (χ2v) is 10.5. The van der Waals surface area contributed by atoms with Crippen LogP contribution in [0.2, 0.25) is 0 Å². The van der Waals surface area contributed by atoms with E-state index in [0.717, 1.165) is 51.6 Å². The van der Waals surface area contributed by atoms with Crippen molar-refractivity contribution < 1.29 is 18.0 Å². The predicted octanol–water partition coefficient (Wildman–Crippen LogP) is 1.83. The number of hydrogen-bond donors (Lipinski definition) is 0. The van der Waals surface area contributed by atoms with E-state index in [1.165, 1.54) is 4.31 Å². The van der Waals surface area contributed by atoms with Crippen molar-refractivity contribution >= 4 is 21.8 Å². The SMILES string of the molecule is CCCS(=O)(=O)N1CCCCC1C(=O)N1CCC(CC(=O)N2CCCC2)CC1. The summed E-state index contributed by atoms with van der Waals surface area (Å²) in [6, 6.07) is -0.534. The monoisotopic (exact) mass is 413 g/mol. The third-order valence-electron chi connectivity index (χ3n) is 6.41. The van der Waals surface area contributed by atoms with Gasteiger partial charge in [0.05, 0.1) is 5.75 Å². The van der Waals surface area contributed by atoms with Crippen molar-refractivity contribution in [1.82, 2.24) is 14.1 Å². The van der Waals surface area contributed by atoms with Crippen LogP contribution in [0.5, 0.6) is 0 Å². The summed E-state index contributed by atoms with van der Waals surface area (Å²) in [6.45, 7) is 5.36. The van der Waals surface area contributed by atoms with E-state index in [0.29, 0.717) is 44.8 Å². The lowest BCUT2D eigenvalue weighted by atomic mass is 9.92. The summed E-state index contributed by atoms with van der Waals surface area (Å²) in [4.78, 5) is 29.3. The van der Waals surface area contributed by atoms with Gasteiger partial charge in [0.25, 0.3) is 0 Å². The zero-order valence-corrected chi connectivity index (χ0v) is 18.0. The van der Waals surface area contributed by atoms with Gasteiger partial charge >= 0.3 is 0 Å². The fraction of sp³-hybridized carbons (Fsp3) is 0.900. The maximum Gasteiger partial charge on any atom is 0.241 e. The molecule has 0 bridgehead atoms. The molecule has 0 aromatic heterocycles. The lowest BCUT2D eigenvalue weighted by Crippen LogP contribution is -2.54. The first-order valence-corrected chi connectivity index (χ1v) is 12.6. The first-order chi connectivity index (χ1) is 13.4. The molecule has 0 spiro atoms. The molecule has 7 nitrogen and oxygen atoms in total. The van der Waals surface area contributed by atoms with Crippen LogP contribution in [0.4, 0.5) is 0 Å². The van der Waals surface area contributed by atoms with Gasteiger partial charge in [-0.3, -0.25) is 9.59 Å². The van der Waals surface area contributed by atoms with E-state index < -0.39 is 16.1 Å². The minimum atomic E-state index is -3.37. The van der Waals surface area contributed by atoms with Crippen LogP contribution in [0.15, 0.2) is 0 Å². The van der Waals surface area contributed by atoms with Crippen molar-refractivity contribution in [3.8, 4) is 0 Å². The van der Waals surface area contributed by atoms with Crippen LogP contribution in [-0.4, -0.2) is 78.9 Å². The number of sulfonamides is 1. The Morgan fingerprint density at radius 1 is 0.857 bits per heavy atom. The van der Waals surface area contributed by atoms with Crippen LogP contribution in [0.25, 0.3) is 0 Å². The van der Waals surface area contributed by atoms with Crippen LogP contribution in [0, 0.1) is 5.92 Å². The number of hydrogen-bond acceptors (Lipinski definition) is 4. The van der Waals surface area contributed by atoms with Crippen LogP contribution in [0.3, 0.4) is 0 Å². The molecule has 28 heavy (non-hydrogen) atoms. The van der Waals surface area contributed by atoms with Gasteiger partial charge in [0, 0.05) is 39.1 Å². The van der Waals surface area contributed by atoms with Gasteiger partial charge in [-0.05, 0) is 50.9 Å². The van der Waals surface area contributed by atoms with Gasteiger partial charge < -0.3 is 9.80 Å². The van der Waals surface area contributed by atoms with E-state index in [1.807, 2.05) is 16.7 Å². The molecule has 1 unspecified atom stereocenters. The summed E-state index contributed by atoms with van der Waals surface area (Å²) in [7, 11) is -3.37. The summed E-state index contributed by atoms with van der Waals surface area (Å²) in [5, 5.41) is 0. The van der Waals surface area contributed by atoms with Crippen molar-refractivity contribution in [1.29, 1.82) is 0 Å². The molecule has 0 aromatic rings. The van der Waals surface area contributed by atoms with E-state index in [2.05, 4.69) is 0 Å². The van der Waals surface area contributed by atoms with E-state index >= 15 is 0 Å². The average molecular weight is 414 g/mol. The zero-order valence-electron chi connectivity index (χ0n) is 17.1. The van der Waals surface area contributed by atoms with Crippen molar-refractivity contribution in [3.05, 3.63) is 0 Å². The number of carbonyl (C=O) groups excluding carboxylic acids is 2. The van der Waals surface area contributed by atoms with Crippen molar-refractivity contribution in [2.45, 2.75) is 70.8 Å². The third-order valence-corrected chi connectivity index (χ3v) is 8.48. The quantitative estimate of drug-likeness (QED) is 0.666. The smallest absolute Gasteiger partial charge is 0.241 e. The predicted molar refractivity (Wildman–Crippen MR) is 108 cm³/mol. The molecule has 160 valence electrons. The molecular weight excluding hydrogens is 378 g/mol. The molecule has 0 saturated carbocycles. The number of likely N-dealkylation sites (tertiary alicyclic amines) is 2.